The Morgan fingerprint density at radius 3 is 1.53 bits per heavy atom. The van der Waals surface area contributed by atoms with Crippen molar-refractivity contribution in [2.45, 2.75) is 31.6 Å². The number of carbonyl (C=O) groups excluding carboxylic acids is 1. The predicted molar refractivity (Wildman–Crippen MR) is 136 cm³/mol. The Morgan fingerprint density at radius 1 is 0.647 bits per heavy atom. The van der Waals surface area contributed by atoms with E-state index in [0.29, 0.717) is 18.8 Å². The van der Waals surface area contributed by atoms with E-state index in [4.69, 9.17) is 9.47 Å². The molecule has 4 rings (SSSR count). The molecule has 0 unspecified atom stereocenters. The number of ether oxygens (including phenoxy) is 2. The summed E-state index contributed by atoms with van der Waals surface area (Å²) in [7, 11) is 0. The highest BCUT2D eigenvalue weighted by molar-refractivity contribution is 5.72. The molecule has 0 N–H and O–H groups in total. The lowest BCUT2D eigenvalue weighted by Crippen LogP contribution is -2.31. The molecule has 0 aliphatic carbocycles. The topological polar surface area (TPSA) is 35.5 Å². The Hall–Kier alpha value is -3.85. The van der Waals surface area contributed by atoms with Crippen LogP contribution in [-0.2, 0) is 10.2 Å². The van der Waals surface area contributed by atoms with E-state index in [1.807, 2.05) is 19.1 Å². The van der Waals surface area contributed by atoms with Gasteiger partial charge in [0.2, 0.25) is 0 Å². The van der Waals surface area contributed by atoms with Crippen LogP contribution in [0.15, 0.2) is 115 Å². The van der Waals surface area contributed by atoms with Crippen molar-refractivity contribution in [2.75, 3.05) is 6.61 Å². The third-order valence-corrected chi connectivity index (χ3v) is 6.06. The van der Waals surface area contributed by atoms with Crippen molar-refractivity contribution in [3.05, 3.63) is 132 Å². The fourth-order valence-corrected chi connectivity index (χ4v) is 4.41. The van der Waals surface area contributed by atoms with Crippen LogP contribution >= 0.6 is 0 Å². The molecule has 4 aromatic rings. The van der Waals surface area contributed by atoms with Crippen LogP contribution in [0.2, 0.25) is 0 Å². The summed E-state index contributed by atoms with van der Waals surface area (Å²) >= 11 is 0. The van der Waals surface area contributed by atoms with Crippen molar-refractivity contribution in [3.63, 3.8) is 0 Å². The standard InChI is InChI=1S/C31H30O3/c1-2-12-30(32)34-29-21-19-28(20-22-29)33-24-23-31(25-13-6-3-7-14-25,26-15-8-4-9-16-26)27-17-10-5-11-18-27/h3-11,13-22H,2,12,23-24H2,1H3. The van der Waals surface area contributed by atoms with Gasteiger partial charge in [-0.2, -0.15) is 0 Å². The maximum Gasteiger partial charge on any atom is 0.311 e. The second-order valence-corrected chi connectivity index (χ2v) is 8.30. The van der Waals surface area contributed by atoms with Crippen LogP contribution in [0.4, 0.5) is 0 Å². The largest absolute Gasteiger partial charge is 0.494 e. The quantitative estimate of drug-likeness (QED) is 0.146. The van der Waals surface area contributed by atoms with Crippen LogP contribution in [0.25, 0.3) is 0 Å². The summed E-state index contributed by atoms with van der Waals surface area (Å²) in [6, 6.07) is 39.1. The third kappa shape index (κ3) is 5.37. The van der Waals surface area contributed by atoms with Gasteiger partial charge in [-0.3, -0.25) is 4.79 Å². The number of hydrogen-bond acceptors (Lipinski definition) is 3. The molecule has 0 bridgehead atoms. The van der Waals surface area contributed by atoms with E-state index in [2.05, 4.69) is 91.0 Å². The smallest absolute Gasteiger partial charge is 0.311 e. The first-order valence-corrected chi connectivity index (χ1v) is 11.8. The summed E-state index contributed by atoms with van der Waals surface area (Å²) in [4.78, 5) is 11.7. The molecule has 0 aliphatic rings. The van der Waals surface area contributed by atoms with Crippen molar-refractivity contribution < 1.29 is 14.3 Å². The van der Waals surface area contributed by atoms with Gasteiger partial charge < -0.3 is 9.47 Å². The molecule has 34 heavy (non-hydrogen) atoms. The first-order chi connectivity index (χ1) is 16.7. The fraction of sp³-hybridized carbons (Fsp3) is 0.194. The van der Waals surface area contributed by atoms with Crippen LogP contribution < -0.4 is 9.47 Å². The Morgan fingerprint density at radius 2 is 1.09 bits per heavy atom. The summed E-state index contributed by atoms with van der Waals surface area (Å²) in [5.74, 6) is 1.07. The molecular weight excluding hydrogens is 420 g/mol. The average molecular weight is 451 g/mol. The van der Waals surface area contributed by atoms with E-state index in [0.717, 1.165) is 18.6 Å². The van der Waals surface area contributed by atoms with Gasteiger partial charge in [0.25, 0.3) is 0 Å². The molecule has 0 radical (unpaired) electrons. The lowest BCUT2D eigenvalue weighted by Gasteiger charge is -2.36. The molecule has 0 amide bonds. The second-order valence-electron chi connectivity index (χ2n) is 8.30. The van der Waals surface area contributed by atoms with Gasteiger partial charge in [-0.1, -0.05) is 97.9 Å². The lowest BCUT2D eigenvalue weighted by molar-refractivity contribution is -0.134. The SMILES string of the molecule is CCCC(=O)Oc1ccc(OCCC(c2ccccc2)(c2ccccc2)c2ccccc2)cc1. The van der Waals surface area contributed by atoms with E-state index in [9.17, 15) is 4.79 Å². The van der Waals surface area contributed by atoms with E-state index in [-0.39, 0.29) is 11.4 Å². The Bertz CT molecular complexity index is 1060. The molecule has 4 aromatic carbocycles. The monoisotopic (exact) mass is 450 g/mol. The summed E-state index contributed by atoms with van der Waals surface area (Å²) in [5.41, 5.74) is 3.34. The zero-order valence-corrected chi connectivity index (χ0v) is 19.5. The minimum absolute atomic E-state index is 0.213. The van der Waals surface area contributed by atoms with Gasteiger partial charge in [-0.05, 0) is 53.8 Å². The van der Waals surface area contributed by atoms with Gasteiger partial charge in [-0.15, -0.1) is 0 Å². The molecule has 0 heterocycles. The number of carbonyl (C=O) groups is 1. The molecular formula is C31H30O3. The van der Waals surface area contributed by atoms with Crippen LogP contribution in [0.1, 0.15) is 42.9 Å². The number of hydrogen-bond donors (Lipinski definition) is 0. The molecule has 0 aromatic heterocycles. The molecule has 0 spiro atoms. The zero-order chi connectivity index (χ0) is 23.6. The van der Waals surface area contributed by atoms with Crippen molar-refractivity contribution in [1.82, 2.24) is 0 Å². The fourth-order valence-electron chi connectivity index (χ4n) is 4.41. The highest BCUT2D eigenvalue weighted by Crippen LogP contribution is 2.42. The van der Waals surface area contributed by atoms with Gasteiger partial charge in [0.15, 0.2) is 0 Å². The molecule has 3 nitrogen and oxygen atoms in total. The molecule has 0 saturated heterocycles. The predicted octanol–water partition coefficient (Wildman–Crippen LogP) is 7.20. The average Bonchev–Trinajstić information content (AvgIpc) is 2.89. The van der Waals surface area contributed by atoms with E-state index >= 15 is 0 Å². The molecule has 3 heteroatoms. The molecule has 0 atom stereocenters. The van der Waals surface area contributed by atoms with Crippen molar-refractivity contribution >= 4 is 5.97 Å². The van der Waals surface area contributed by atoms with Crippen LogP contribution in [0.3, 0.4) is 0 Å². The van der Waals surface area contributed by atoms with Gasteiger partial charge >= 0.3 is 5.97 Å². The molecule has 0 fully saturated rings. The Kier molecular flexibility index (Phi) is 7.77. The van der Waals surface area contributed by atoms with Crippen molar-refractivity contribution in [2.24, 2.45) is 0 Å². The third-order valence-electron chi connectivity index (χ3n) is 6.06. The normalized spacial score (nSPS) is 11.1. The van der Waals surface area contributed by atoms with E-state index in [1.54, 1.807) is 12.1 Å². The van der Waals surface area contributed by atoms with Crippen molar-refractivity contribution in [3.8, 4) is 11.5 Å². The van der Waals surface area contributed by atoms with Crippen molar-refractivity contribution in [1.29, 1.82) is 0 Å². The Labute approximate surface area is 202 Å². The molecule has 0 aliphatic heterocycles. The minimum atomic E-state index is -0.348. The first-order valence-electron chi connectivity index (χ1n) is 11.8. The lowest BCUT2D eigenvalue weighted by atomic mass is 9.67. The number of benzene rings is 4. The van der Waals surface area contributed by atoms with E-state index in [1.165, 1.54) is 16.7 Å². The maximum absolute atomic E-state index is 11.7. The van der Waals surface area contributed by atoms with Gasteiger partial charge in [0, 0.05) is 11.8 Å². The first kappa shape index (κ1) is 23.3. The molecule has 172 valence electrons. The van der Waals surface area contributed by atoms with Crippen LogP contribution in [-0.4, -0.2) is 12.6 Å². The summed E-state index contributed by atoms with van der Waals surface area (Å²) in [5, 5.41) is 0. The van der Waals surface area contributed by atoms with Crippen LogP contribution in [0.5, 0.6) is 11.5 Å². The van der Waals surface area contributed by atoms with Gasteiger partial charge in [-0.25, -0.2) is 0 Å². The minimum Gasteiger partial charge on any atom is -0.494 e. The second kappa shape index (κ2) is 11.3. The summed E-state index contributed by atoms with van der Waals surface area (Å²) in [6.45, 7) is 2.48. The zero-order valence-electron chi connectivity index (χ0n) is 19.5. The van der Waals surface area contributed by atoms with Gasteiger partial charge in [0.1, 0.15) is 11.5 Å². The van der Waals surface area contributed by atoms with Gasteiger partial charge in [0.05, 0.1) is 6.61 Å². The van der Waals surface area contributed by atoms with E-state index < -0.39 is 0 Å². The molecule has 0 saturated carbocycles. The number of esters is 1. The summed E-state index contributed by atoms with van der Waals surface area (Å²) in [6.07, 6.45) is 1.95. The summed E-state index contributed by atoms with van der Waals surface area (Å²) < 4.78 is 11.5. The maximum atomic E-state index is 11.7. The highest BCUT2D eigenvalue weighted by atomic mass is 16.5. The Balaban J connectivity index is 1.59. The highest BCUT2D eigenvalue weighted by Gasteiger charge is 2.36. The number of rotatable bonds is 10. The van der Waals surface area contributed by atoms with Crippen LogP contribution in [0, 0.1) is 0 Å².